The first-order chi connectivity index (χ1) is 22.4. The van der Waals surface area contributed by atoms with E-state index in [1.807, 2.05) is 0 Å². The summed E-state index contributed by atoms with van der Waals surface area (Å²) in [5.41, 5.74) is 9.81. The summed E-state index contributed by atoms with van der Waals surface area (Å²) in [6.45, 7) is 47.5. The molecule has 0 aromatic heterocycles. The Morgan fingerprint density at radius 2 is 0.611 bits per heavy atom. The van der Waals surface area contributed by atoms with Crippen LogP contribution in [-0.4, -0.2) is 8.07 Å². The van der Waals surface area contributed by atoms with Gasteiger partial charge in [0.25, 0.3) is 0 Å². The van der Waals surface area contributed by atoms with Crippen LogP contribution in [0.3, 0.4) is 0 Å². The molecule has 54 heavy (non-hydrogen) atoms. The summed E-state index contributed by atoms with van der Waals surface area (Å²) in [5.74, 6) is 0.269. The van der Waals surface area contributed by atoms with Crippen LogP contribution < -0.4 is 52.8 Å². The second-order valence-electron chi connectivity index (χ2n) is 21.8. The van der Waals surface area contributed by atoms with Gasteiger partial charge in [-0.1, -0.05) is 215 Å². The molecular weight excluding hydrogens is 771 g/mol. The van der Waals surface area contributed by atoms with Crippen molar-refractivity contribution in [3.8, 4) is 0 Å². The minimum atomic E-state index is -3.00. The van der Waals surface area contributed by atoms with Gasteiger partial charge in [-0.25, -0.2) is 5.57 Å². The van der Waals surface area contributed by atoms with Gasteiger partial charge in [0.1, 0.15) is 0 Å². The van der Waals surface area contributed by atoms with Gasteiger partial charge >= 0.3 is 21.7 Å². The fourth-order valence-corrected chi connectivity index (χ4v) is 12.6. The van der Waals surface area contributed by atoms with E-state index in [4.69, 9.17) is 0 Å². The van der Waals surface area contributed by atoms with E-state index in [-0.39, 0.29) is 97.3 Å². The van der Waals surface area contributed by atoms with Crippen LogP contribution in [0.15, 0.2) is 71.4 Å². The standard InChI is InChI=1S/C49H71Si.3ClH.Ti/c1-32-21-33(2)43(22-32)50(40-26-34(44(3,4)5)23-35(27-40)45(6,7)8,41-28-36(46(9,10)11)24-37(29-41)47(12,13)14)42-30-38(48(15,16)17)25-39(31-42)49(18,19)20;;;;/h22-32H,1-20H3;3*1H;/q-1;;;;+4/p-3. The molecule has 0 spiro atoms. The molecule has 0 nitrogen and oxygen atoms in total. The van der Waals surface area contributed by atoms with Crippen LogP contribution in [-0.2, 0) is 54.2 Å². The van der Waals surface area contributed by atoms with E-state index in [0.717, 1.165) is 0 Å². The maximum atomic E-state index is 3.91. The molecule has 0 saturated carbocycles. The number of hydrogen-bond donors (Lipinski definition) is 0. The van der Waals surface area contributed by atoms with Crippen molar-refractivity contribution >= 4 is 23.6 Å². The van der Waals surface area contributed by atoms with Crippen molar-refractivity contribution in [2.75, 3.05) is 0 Å². The summed E-state index contributed by atoms with van der Waals surface area (Å²) in [5, 5.41) is 5.99. The molecule has 3 aromatic carbocycles. The molecule has 1 aliphatic carbocycles. The van der Waals surface area contributed by atoms with Gasteiger partial charge in [0.15, 0.2) is 0 Å². The van der Waals surface area contributed by atoms with E-state index in [1.54, 1.807) is 0 Å². The van der Waals surface area contributed by atoms with Crippen molar-refractivity contribution in [2.45, 2.75) is 171 Å². The third-order valence-corrected chi connectivity index (χ3v) is 15.8. The summed E-state index contributed by atoms with van der Waals surface area (Å²) in [6, 6.07) is 23.3. The number of halogens is 3. The van der Waals surface area contributed by atoms with Gasteiger partial charge < -0.3 is 37.2 Å². The fraction of sp³-hybridized carbons (Fsp3) is 0.551. The minimum Gasteiger partial charge on any atom is -1.00 e. The first-order valence-electron chi connectivity index (χ1n) is 19.2. The number of benzene rings is 3. The Morgan fingerprint density at radius 3 is 0.759 bits per heavy atom. The summed E-state index contributed by atoms with van der Waals surface area (Å²) in [7, 11) is -3.00. The smallest absolute Gasteiger partial charge is 1.00 e. The monoisotopic (exact) mass is 840 g/mol. The van der Waals surface area contributed by atoms with Gasteiger partial charge in [-0.3, -0.25) is 6.08 Å². The van der Waals surface area contributed by atoms with Crippen LogP contribution in [0.2, 0.25) is 0 Å². The molecule has 3 aromatic rings. The van der Waals surface area contributed by atoms with Gasteiger partial charge in [-0.15, -0.1) is 0 Å². The van der Waals surface area contributed by atoms with Crippen LogP contribution in [0, 0.1) is 12.0 Å². The zero-order valence-electron chi connectivity index (χ0n) is 37.5. The second kappa shape index (κ2) is 17.4. The zero-order chi connectivity index (χ0) is 38.2. The predicted octanol–water partition coefficient (Wildman–Crippen LogP) is 2.82. The average Bonchev–Trinajstić information content (AvgIpc) is 3.27. The van der Waals surface area contributed by atoms with E-state index >= 15 is 0 Å². The van der Waals surface area contributed by atoms with Crippen molar-refractivity contribution < 1.29 is 58.9 Å². The first kappa shape index (κ1) is 52.9. The maximum absolute atomic E-state index is 3.91. The minimum absolute atomic E-state index is 0. The van der Waals surface area contributed by atoms with Gasteiger partial charge in [0.05, 0.1) is 8.07 Å². The van der Waals surface area contributed by atoms with Gasteiger partial charge in [0.2, 0.25) is 0 Å². The topological polar surface area (TPSA) is 0 Å². The Morgan fingerprint density at radius 1 is 0.407 bits per heavy atom. The quantitative estimate of drug-likeness (QED) is 0.216. The van der Waals surface area contributed by atoms with Gasteiger partial charge in [-0.05, 0) is 65.9 Å². The molecule has 0 aliphatic heterocycles. The zero-order valence-corrected chi connectivity index (χ0v) is 42.3. The molecule has 0 radical (unpaired) electrons. The molecule has 1 atom stereocenters. The third kappa shape index (κ3) is 11.1. The molecule has 0 bridgehead atoms. The van der Waals surface area contributed by atoms with E-state index in [0.29, 0.717) is 0 Å². The van der Waals surface area contributed by atoms with Crippen molar-refractivity contribution in [3.05, 3.63) is 111 Å². The largest absolute Gasteiger partial charge is 4.00 e. The van der Waals surface area contributed by atoms with E-state index in [1.165, 1.54) is 59.7 Å². The summed E-state index contributed by atoms with van der Waals surface area (Å²) >= 11 is 0. The Hall–Kier alpha value is -1.06. The van der Waals surface area contributed by atoms with Crippen LogP contribution in [0.25, 0.3) is 0 Å². The Bertz CT molecular complexity index is 1540. The Kier molecular flexibility index (Phi) is 17.1. The maximum Gasteiger partial charge on any atom is 4.00 e. The molecule has 0 N–H and O–H groups in total. The van der Waals surface area contributed by atoms with E-state index in [9.17, 15) is 0 Å². The van der Waals surface area contributed by atoms with Crippen LogP contribution in [0.4, 0.5) is 0 Å². The Labute approximate surface area is 367 Å². The average molecular weight is 842 g/mol. The SMILES string of the molecule is CC1=[C-]C(C)C=C1[Si](c1cc(C(C)(C)C)cc(C(C)(C)C)c1)(c1cc(C(C)(C)C)cc(C(C)(C)C)c1)c1cc(C(C)(C)C)cc(C(C)(C)C)c1.[Cl-].[Cl-].[Cl-].[Ti+4]. The van der Waals surface area contributed by atoms with Crippen molar-refractivity contribution in [2.24, 2.45) is 5.92 Å². The van der Waals surface area contributed by atoms with E-state index in [2.05, 4.69) is 205 Å². The third-order valence-electron chi connectivity index (χ3n) is 11.0. The summed E-state index contributed by atoms with van der Waals surface area (Å²) in [4.78, 5) is 0. The number of hydrogen-bond acceptors (Lipinski definition) is 0. The molecule has 0 fully saturated rings. The van der Waals surface area contributed by atoms with Gasteiger partial charge in [-0.2, -0.15) is 11.3 Å². The normalized spacial score (nSPS) is 15.6. The number of allylic oxidation sites excluding steroid dienone is 4. The molecule has 296 valence electrons. The second-order valence-corrected chi connectivity index (χ2v) is 25.6. The summed E-state index contributed by atoms with van der Waals surface area (Å²) < 4.78 is 0. The molecule has 1 unspecified atom stereocenters. The first-order valence-corrected chi connectivity index (χ1v) is 21.2. The van der Waals surface area contributed by atoms with Crippen LogP contribution >= 0.6 is 0 Å². The molecule has 0 heterocycles. The van der Waals surface area contributed by atoms with Crippen molar-refractivity contribution in [1.29, 1.82) is 0 Å². The van der Waals surface area contributed by atoms with Crippen LogP contribution in [0.5, 0.6) is 0 Å². The predicted molar refractivity (Wildman–Crippen MR) is 226 cm³/mol. The molecule has 1 aliphatic rings. The van der Waals surface area contributed by atoms with E-state index < -0.39 is 8.07 Å². The summed E-state index contributed by atoms with van der Waals surface area (Å²) in [6.07, 6.45) is 6.50. The molecule has 5 heteroatoms. The molecule has 4 rings (SSSR count). The Balaban J connectivity index is 0.00000702. The van der Waals surface area contributed by atoms with Crippen molar-refractivity contribution in [1.82, 2.24) is 0 Å². The fourth-order valence-electron chi connectivity index (χ4n) is 7.34. The number of rotatable bonds is 4. The van der Waals surface area contributed by atoms with Crippen LogP contribution in [0.1, 0.15) is 172 Å². The van der Waals surface area contributed by atoms with Gasteiger partial charge in [0, 0.05) is 0 Å². The molecular formula is C49H71Cl3SiTi. The molecule has 0 amide bonds. The molecule has 0 saturated heterocycles. The van der Waals surface area contributed by atoms with Crippen molar-refractivity contribution in [3.63, 3.8) is 0 Å².